The summed E-state index contributed by atoms with van der Waals surface area (Å²) >= 11 is 0. The van der Waals surface area contributed by atoms with Crippen LogP contribution in [0.2, 0.25) is 0 Å². The number of amides is 1. The van der Waals surface area contributed by atoms with E-state index in [1.165, 1.54) is 0 Å². The molecule has 0 aliphatic heterocycles. The number of rotatable bonds is 6. The molecule has 6 nitrogen and oxygen atoms in total. The molecule has 5 rings (SSSR count). The maximum Gasteiger partial charge on any atom is 0.366 e. The summed E-state index contributed by atoms with van der Waals surface area (Å²) in [6.07, 6.45) is 0.0640. The number of nitrogens with one attached hydrogen (secondary N) is 1. The Morgan fingerprint density at radius 1 is 0.861 bits per heavy atom. The van der Waals surface area contributed by atoms with E-state index in [0.29, 0.717) is 27.7 Å². The van der Waals surface area contributed by atoms with Gasteiger partial charge in [0.1, 0.15) is 0 Å². The first-order valence-electron chi connectivity index (χ1n) is 11.6. The van der Waals surface area contributed by atoms with Gasteiger partial charge in [-0.2, -0.15) is 0 Å². The molecule has 2 N–H and O–H groups in total. The van der Waals surface area contributed by atoms with Gasteiger partial charge in [-0.3, -0.25) is 4.79 Å². The van der Waals surface area contributed by atoms with Crippen LogP contribution < -0.4 is 10.9 Å². The van der Waals surface area contributed by atoms with Crippen LogP contribution in [0.25, 0.3) is 21.9 Å². The van der Waals surface area contributed by atoms with Gasteiger partial charge in [0.25, 0.3) is 5.91 Å². The molecule has 5 aromatic rings. The van der Waals surface area contributed by atoms with Crippen LogP contribution in [0, 0.1) is 6.92 Å². The van der Waals surface area contributed by atoms with Gasteiger partial charge < -0.3 is 14.9 Å². The van der Waals surface area contributed by atoms with E-state index in [0.717, 1.165) is 16.7 Å². The van der Waals surface area contributed by atoms with E-state index >= 15 is 0 Å². The molecule has 1 amide bonds. The topological polar surface area (TPSA) is 92.4 Å². The molecule has 1 atom stereocenters. The fourth-order valence-electron chi connectivity index (χ4n) is 4.42. The second-order valence-electron chi connectivity index (χ2n) is 8.70. The molecule has 1 heterocycles. The lowest BCUT2D eigenvalue weighted by molar-refractivity contribution is -0.135. The van der Waals surface area contributed by atoms with Crippen LogP contribution in [0.1, 0.15) is 16.8 Å². The first-order valence-corrected chi connectivity index (χ1v) is 11.6. The normalized spacial score (nSPS) is 12.7. The van der Waals surface area contributed by atoms with Crippen LogP contribution in [-0.2, 0) is 16.8 Å². The van der Waals surface area contributed by atoms with Crippen molar-refractivity contribution in [1.82, 2.24) is 5.16 Å². The molecule has 0 radical (unpaired) electrons. The maximum absolute atomic E-state index is 13.8. The summed E-state index contributed by atoms with van der Waals surface area (Å²) in [6, 6.07) is 31.5. The third-order valence-corrected chi connectivity index (χ3v) is 6.31. The number of aliphatic hydroxyl groups is 1. The number of nitrogens with zero attached hydrogens (tertiary/aromatic N) is 1. The van der Waals surface area contributed by atoms with Gasteiger partial charge in [0.2, 0.25) is 0 Å². The molecule has 0 aliphatic carbocycles. The SMILES string of the molecule is Cc1noc(=O)c2cccc(NC(=O)C(O)(Cc3ccccc3)c3ccc(-c4ccccc4)cc3)c12. The molecule has 0 fully saturated rings. The highest BCUT2D eigenvalue weighted by molar-refractivity contribution is 6.05. The summed E-state index contributed by atoms with van der Waals surface area (Å²) in [6.45, 7) is 1.69. The number of fused-ring (bicyclic) bond motifs is 1. The Balaban J connectivity index is 1.56. The van der Waals surface area contributed by atoms with Gasteiger partial charge in [-0.05, 0) is 41.3 Å². The molecule has 178 valence electrons. The van der Waals surface area contributed by atoms with Crippen LogP contribution in [0.5, 0.6) is 0 Å². The van der Waals surface area contributed by atoms with Crippen molar-refractivity contribution in [1.29, 1.82) is 0 Å². The van der Waals surface area contributed by atoms with Crippen LogP contribution >= 0.6 is 0 Å². The van der Waals surface area contributed by atoms with Crippen molar-refractivity contribution in [2.75, 3.05) is 5.32 Å². The smallest absolute Gasteiger partial charge is 0.366 e. The molecule has 6 heteroatoms. The van der Waals surface area contributed by atoms with Crippen molar-refractivity contribution < 1.29 is 14.4 Å². The van der Waals surface area contributed by atoms with E-state index in [9.17, 15) is 14.7 Å². The summed E-state index contributed by atoms with van der Waals surface area (Å²) in [5.74, 6) is -0.612. The number of carbonyl (C=O) groups excluding carboxylic acids is 1. The molecule has 1 aromatic heterocycles. The standard InChI is InChI=1S/C30H24N2O4/c1-20-27-25(28(33)36-32-20)13-8-14-26(27)31-29(34)30(35,19-21-9-4-2-5-10-21)24-17-15-23(16-18-24)22-11-6-3-7-12-22/h2-18,35H,19H2,1H3,(H,31,34). The zero-order valence-corrected chi connectivity index (χ0v) is 19.6. The van der Waals surface area contributed by atoms with Crippen LogP contribution in [0.4, 0.5) is 5.69 Å². The van der Waals surface area contributed by atoms with Crippen molar-refractivity contribution in [3.63, 3.8) is 0 Å². The molecule has 1 unspecified atom stereocenters. The predicted molar refractivity (Wildman–Crippen MR) is 140 cm³/mol. The van der Waals surface area contributed by atoms with Crippen molar-refractivity contribution in [2.24, 2.45) is 0 Å². The predicted octanol–water partition coefficient (Wildman–Crippen LogP) is 5.23. The van der Waals surface area contributed by atoms with Gasteiger partial charge in [0, 0.05) is 11.8 Å². The molecular formula is C30H24N2O4. The zero-order chi connectivity index (χ0) is 25.1. The lowest BCUT2D eigenvalue weighted by atomic mass is 9.85. The van der Waals surface area contributed by atoms with Crippen LogP contribution in [0.3, 0.4) is 0 Å². The number of hydrogen-bond acceptors (Lipinski definition) is 5. The van der Waals surface area contributed by atoms with E-state index in [4.69, 9.17) is 4.52 Å². The Morgan fingerprint density at radius 3 is 2.19 bits per heavy atom. The Kier molecular flexibility index (Phi) is 6.19. The quantitative estimate of drug-likeness (QED) is 0.350. The summed E-state index contributed by atoms with van der Waals surface area (Å²) in [4.78, 5) is 25.9. The summed E-state index contributed by atoms with van der Waals surface area (Å²) in [5.41, 5.74) is 1.64. The summed E-state index contributed by atoms with van der Waals surface area (Å²) < 4.78 is 4.83. The van der Waals surface area contributed by atoms with Crippen molar-refractivity contribution in [3.05, 3.63) is 130 Å². The molecular weight excluding hydrogens is 452 g/mol. The number of carbonyl (C=O) groups is 1. The number of hydrogen-bond donors (Lipinski definition) is 2. The number of aryl methyl sites for hydroxylation is 1. The molecule has 36 heavy (non-hydrogen) atoms. The Bertz CT molecular complexity index is 1580. The molecule has 0 bridgehead atoms. The van der Waals surface area contributed by atoms with Gasteiger partial charge in [0.05, 0.1) is 16.8 Å². The number of benzene rings is 4. The summed E-state index contributed by atoms with van der Waals surface area (Å²) in [5, 5.41) is 19.3. The lowest BCUT2D eigenvalue weighted by Crippen LogP contribution is -2.42. The Hall–Kier alpha value is -4.55. The van der Waals surface area contributed by atoms with Gasteiger partial charge in [-0.15, -0.1) is 0 Å². The molecule has 4 aromatic carbocycles. The molecule has 0 aliphatic rings. The molecule has 0 saturated carbocycles. The first kappa shape index (κ1) is 23.2. The molecule has 0 spiro atoms. The van der Waals surface area contributed by atoms with E-state index < -0.39 is 17.1 Å². The third-order valence-electron chi connectivity index (χ3n) is 6.31. The fraction of sp³-hybridized carbons (Fsp3) is 0.100. The van der Waals surface area contributed by atoms with Gasteiger partial charge in [-0.1, -0.05) is 96.2 Å². The monoisotopic (exact) mass is 476 g/mol. The van der Waals surface area contributed by atoms with Gasteiger partial charge in [0.15, 0.2) is 5.60 Å². The number of aromatic nitrogens is 1. The minimum absolute atomic E-state index is 0.0640. The van der Waals surface area contributed by atoms with E-state index in [-0.39, 0.29) is 6.42 Å². The lowest BCUT2D eigenvalue weighted by Gasteiger charge is -2.28. The van der Waals surface area contributed by atoms with Crippen LogP contribution in [0.15, 0.2) is 112 Å². The third kappa shape index (κ3) is 4.42. The van der Waals surface area contributed by atoms with E-state index in [2.05, 4.69) is 10.5 Å². The minimum Gasteiger partial charge on any atom is -0.375 e. The zero-order valence-electron chi connectivity index (χ0n) is 19.6. The highest BCUT2D eigenvalue weighted by Gasteiger charge is 2.38. The van der Waals surface area contributed by atoms with Crippen molar-refractivity contribution in [3.8, 4) is 11.1 Å². The highest BCUT2D eigenvalue weighted by atomic mass is 16.5. The summed E-state index contributed by atoms with van der Waals surface area (Å²) in [7, 11) is 0. The van der Waals surface area contributed by atoms with E-state index in [1.54, 1.807) is 37.3 Å². The minimum atomic E-state index is -1.88. The van der Waals surface area contributed by atoms with Crippen LogP contribution in [-0.4, -0.2) is 16.2 Å². The fourth-order valence-corrected chi connectivity index (χ4v) is 4.42. The Labute approximate surface area is 207 Å². The first-order chi connectivity index (χ1) is 17.5. The van der Waals surface area contributed by atoms with Gasteiger partial charge >= 0.3 is 5.63 Å². The average molecular weight is 477 g/mol. The largest absolute Gasteiger partial charge is 0.375 e. The Morgan fingerprint density at radius 2 is 1.50 bits per heavy atom. The number of anilines is 1. The highest BCUT2D eigenvalue weighted by Crippen LogP contribution is 2.32. The van der Waals surface area contributed by atoms with Crippen molar-refractivity contribution in [2.45, 2.75) is 18.9 Å². The second kappa shape index (κ2) is 9.60. The van der Waals surface area contributed by atoms with Crippen molar-refractivity contribution >= 4 is 22.4 Å². The second-order valence-corrected chi connectivity index (χ2v) is 8.70. The van der Waals surface area contributed by atoms with Gasteiger partial charge in [-0.25, -0.2) is 4.79 Å². The van der Waals surface area contributed by atoms with E-state index in [1.807, 2.05) is 72.8 Å². The average Bonchev–Trinajstić information content (AvgIpc) is 2.92. The maximum atomic E-state index is 13.8. The molecule has 0 saturated heterocycles.